The zero-order chi connectivity index (χ0) is 14.9. The van der Waals surface area contributed by atoms with Crippen LogP contribution in [0, 0.1) is 13.8 Å². The fraction of sp³-hybridized carbons (Fsp3) is 0.286. The van der Waals surface area contributed by atoms with Crippen LogP contribution in [0.2, 0.25) is 0 Å². The lowest BCUT2D eigenvalue weighted by Gasteiger charge is -2.19. The third-order valence-electron chi connectivity index (χ3n) is 3.11. The number of sulfonamides is 1. The largest absolute Gasteiger partial charge is 0.468 e. The Morgan fingerprint density at radius 2 is 1.85 bits per heavy atom. The minimum absolute atomic E-state index is 0.193. The summed E-state index contributed by atoms with van der Waals surface area (Å²) in [5.41, 5.74) is 7.59. The van der Waals surface area contributed by atoms with Crippen molar-refractivity contribution in [1.82, 2.24) is 4.31 Å². The lowest BCUT2D eigenvalue weighted by atomic mass is 10.1. The molecule has 0 aliphatic rings. The Balaban J connectivity index is 2.40. The molecule has 0 spiro atoms. The van der Waals surface area contributed by atoms with E-state index < -0.39 is 10.0 Å². The molecular formula is C14H18N2O3S. The Labute approximate surface area is 119 Å². The third kappa shape index (κ3) is 2.71. The molecule has 1 aromatic heterocycles. The Bertz CT molecular complexity index is 683. The molecule has 0 aliphatic heterocycles. The van der Waals surface area contributed by atoms with Gasteiger partial charge in [0, 0.05) is 12.7 Å². The third-order valence-corrected chi connectivity index (χ3v) is 5.22. The van der Waals surface area contributed by atoms with E-state index in [0.717, 1.165) is 0 Å². The maximum absolute atomic E-state index is 12.7. The highest BCUT2D eigenvalue weighted by atomic mass is 32.2. The Hall–Kier alpha value is -1.79. The summed E-state index contributed by atoms with van der Waals surface area (Å²) >= 11 is 0. The zero-order valence-electron chi connectivity index (χ0n) is 11.8. The number of aryl methyl sites for hydroxylation is 2. The molecule has 0 aliphatic carbocycles. The van der Waals surface area contributed by atoms with Crippen molar-refractivity contribution in [3.8, 4) is 0 Å². The van der Waals surface area contributed by atoms with Crippen LogP contribution in [-0.2, 0) is 16.6 Å². The zero-order valence-corrected chi connectivity index (χ0v) is 12.6. The molecule has 0 atom stereocenters. The second kappa shape index (κ2) is 5.30. The maximum atomic E-state index is 12.7. The van der Waals surface area contributed by atoms with E-state index in [0.29, 0.717) is 27.5 Å². The molecule has 0 saturated carbocycles. The molecule has 5 nitrogen and oxygen atoms in total. The number of benzene rings is 1. The molecule has 2 N–H and O–H groups in total. The molecule has 6 heteroatoms. The van der Waals surface area contributed by atoms with Crippen LogP contribution in [0.3, 0.4) is 0 Å². The van der Waals surface area contributed by atoms with Crippen LogP contribution in [0.15, 0.2) is 39.8 Å². The highest BCUT2D eigenvalue weighted by Crippen LogP contribution is 2.26. The Morgan fingerprint density at radius 1 is 1.25 bits per heavy atom. The number of nitrogen functional groups attached to an aromatic ring is 1. The molecule has 0 fully saturated rings. The van der Waals surface area contributed by atoms with Gasteiger partial charge in [0.25, 0.3) is 0 Å². The fourth-order valence-corrected chi connectivity index (χ4v) is 3.79. The number of nitrogens with two attached hydrogens (primary N) is 1. The predicted molar refractivity (Wildman–Crippen MR) is 77.7 cm³/mol. The van der Waals surface area contributed by atoms with Crippen molar-refractivity contribution in [2.45, 2.75) is 25.3 Å². The quantitative estimate of drug-likeness (QED) is 0.878. The SMILES string of the molecule is Cc1cc(N)cc(C)c1S(=O)(=O)N(C)Cc1ccco1. The molecule has 1 heterocycles. The number of furan rings is 1. The standard InChI is InChI=1S/C14H18N2O3S/c1-10-7-12(15)8-11(2)14(10)20(17,18)16(3)9-13-5-4-6-19-13/h4-8H,9,15H2,1-3H3. The summed E-state index contributed by atoms with van der Waals surface area (Å²) in [6.07, 6.45) is 1.52. The van der Waals surface area contributed by atoms with E-state index in [1.807, 2.05) is 0 Å². The van der Waals surface area contributed by atoms with Crippen LogP contribution in [0.5, 0.6) is 0 Å². The van der Waals surface area contributed by atoms with Crippen LogP contribution in [0.4, 0.5) is 5.69 Å². The number of hydrogen-bond acceptors (Lipinski definition) is 4. The van der Waals surface area contributed by atoms with E-state index in [9.17, 15) is 8.42 Å². The van der Waals surface area contributed by atoms with E-state index >= 15 is 0 Å². The van der Waals surface area contributed by atoms with Crippen molar-refractivity contribution in [1.29, 1.82) is 0 Å². The van der Waals surface area contributed by atoms with Crippen molar-refractivity contribution in [2.24, 2.45) is 0 Å². The van der Waals surface area contributed by atoms with Crippen molar-refractivity contribution in [3.63, 3.8) is 0 Å². The molecule has 1 aromatic carbocycles. The van der Waals surface area contributed by atoms with Crippen molar-refractivity contribution < 1.29 is 12.8 Å². The smallest absolute Gasteiger partial charge is 0.243 e. The molecular weight excluding hydrogens is 276 g/mol. The van der Waals surface area contributed by atoms with Gasteiger partial charge in [-0.3, -0.25) is 0 Å². The van der Waals surface area contributed by atoms with Gasteiger partial charge in [-0.05, 0) is 49.2 Å². The first-order valence-corrected chi connectivity index (χ1v) is 7.62. The Kier molecular flexibility index (Phi) is 3.87. The highest BCUT2D eigenvalue weighted by Gasteiger charge is 2.25. The average molecular weight is 294 g/mol. The molecule has 2 aromatic rings. The van der Waals surface area contributed by atoms with Gasteiger partial charge in [0.05, 0.1) is 17.7 Å². The molecule has 108 valence electrons. The van der Waals surface area contributed by atoms with Crippen molar-refractivity contribution in [2.75, 3.05) is 12.8 Å². The van der Waals surface area contributed by atoms with Crippen LogP contribution >= 0.6 is 0 Å². The number of hydrogen-bond donors (Lipinski definition) is 1. The second-order valence-electron chi connectivity index (χ2n) is 4.82. The van der Waals surface area contributed by atoms with Gasteiger partial charge >= 0.3 is 0 Å². The van der Waals surface area contributed by atoms with Gasteiger partial charge in [-0.1, -0.05) is 0 Å². The van der Waals surface area contributed by atoms with E-state index in [-0.39, 0.29) is 6.54 Å². The summed E-state index contributed by atoms with van der Waals surface area (Å²) in [6.45, 7) is 3.69. The van der Waals surface area contributed by atoms with Crippen LogP contribution in [0.25, 0.3) is 0 Å². The summed E-state index contributed by atoms with van der Waals surface area (Å²) < 4.78 is 31.8. The highest BCUT2D eigenvalue weighted by molar-refractivity contribution is 7.89. The van der Waals surface area contributed by atoms with E-state index in [1.165, 1.54) is 17.6 Å². The minimum atomic E-state index is -3.58. The Morgan fingerprint density at radius 3 is 2.35 bits per heavy atom. The first-order chi connectivity index (χ1) is 9.32. The van der Waals surface area contributed by atoms with Gasteiger partial charge < -0.3 is 10.2 Å². The van der Waals surface area contributed by atoms with Gasteiger partial charge in [-0.25, -0.2) is 8.42 Å². The topological polar surface area (TPSA) is 76.5 Å². The van der Waals surface area contributed by atoms with Crippen LogP contribution in [0.1, 0.15) is 16.9 Å². The van der Waals surface area contributed by atoms with Crippen molar-refractivity contribution >= 4 is 15.7 Å². The van der Waals surface area contributed by atoms with Crippen molar-refractivity contribution in [3.05, 3.63) is 47.4 Å². The summed E-state index contributed by atoms with van der Waals surface area (Å²) in [4.78, 5) is 0.306. The van der Waals surface area contributed by atoms with Gasteiger partial charge in [0.1, 0.15) is 5.76 Å². The lowest BCUT2D eigenvalue weighted by molar-refractivity contribution is 0.406. The molecule has 20 heavy (non-hydrogen) atoms. The van der Waals surface area contributed by atoms with E-state index in [1.54, 1.807) is 38.1 Å². The second-order valence-corrected chi connectivity index (χ2v) is 6.81. The average Bonchev–Trinajstić information content (AvgIpc) is 2.79. The summed E-state index contributed by atoms with van der Waals surface area (Å²) in [7, 11) is -2.04. The minimum Gasteiger partial charge on any atom is -0.468 e. The molecule has 2 rings (SSSR count). The summed E-state index contributed by atoms with van der Waals surface area (Å²) in [5, 5.41) is 0. The molecule has 0 radical (unpaired) electrons. The first kappa shape index (κ1) is 14.6. The fourth-order valence-electron chi connectivity index (χ4n) is 2.25. The summed E-state index contributed by atoms with van der Waals surface area (Å²) in [6, 6.07) is 6.81. The van der Waals surface area contributed by atoms with E-state index in [4.69, 9.17) is 10.2 Å². The number of anilines is 1. The predicted octanol–water partition coefficient (Wildman–Crippen LogP) is 2.30. The lowest BCUT2D eigenvalue weighted by Crippen LogP contribution is -2.27. The van der Waals surface area contributed by atoms with Gasteiger partial charge in [-0.15, -0.1) is 0 Å². The molecule has 0 unspecified atom stereocenters. The van der Waals surface area contributed by atoms with E-state index in [2.05, 4.69) is 0 Å². The molecule has 0 bridgehead atoms. The normalized spacial score (nSPS) is 12.0. The van der Waals surface area contributed by atoms with Gasteiger partial charge in [0.2, 0.25) is 10.0 Å². The number of rotatable bonds is 4. The molecule has 0 amide bonds. The monoisotopic (exact) mass is 294 g/mol. The summed E-state index contributed by atoms with van der Waals surface area (Å²) in [5.74, 6) is 0.599. The van der Waals surface area contributed by atoms with Gasteiger partial charge in [0.15, 0.2) is 0 Å². The van der Waals surface area contributed by atoms with Crippen LogP contribution in [-0.4, -0.2) is 19.8 Å². The molecule has 0 saturated heterocycles. The van der Waals surface area contributed by atoms with Crippen LogP contribution < -0.4 is 5.73 Å². The maximum Gasteiger partial charge on any atom is 0.243 e. The first-order valence-electron chi connectivity index (χ1n) is 6.18. The van der Waals surface area contributed by atoms with Gasteiger partial charge in [-0.2, -0.15) is 4.31 Å². The number of nitrogens with zero attached hydrogens (tertiary/aromatic N) is 1.